The van der Waals surface area contributed by atoms with Gasteiger partial charge in [0.15, 0.2) is 17.8 Å². The first-order valence-electron chi connectivity index (χ1n) is 11.6. The summed E-state index contributed by atoms with van der Waals surface area (Å²) in [5.41, 5.74) is -4.06. The van der Waals surface area contributed by atoms with Crippen molar-refractivity contribution in [2.24, 2.45) is 0 Å². The molecule has 2 aromatic carbocycles. The molecule has 7 N–H and O–H groups in total. The van der Waals surface area contributed by atoms with Crippen LogP contribution in [0.25, 0.3) is 22.3 Å². The monoisotopic (exact) mass is 534 g/mol. The molecule has 3 aromatic rings. The maximum absolute atomic E-state index is 12.7. The molecule has 6 unspecified atom stereocenters. The lowest BCUT2D eigenvalue weighted by atomic mass is 9.99. The molecule has 2 fully saturated rings. The number of phenols is 2. The minimum atomic E-state index is -1.99. The van der Waals surface area contributed by atoms with Crippen molar-refractivity contribution in [3.8, 4) is 28.6 Å². The number of aliphatic hydroxyl groups is 5. The molecular formula is C25H26O13. The summed E-state index contributed by atoms with van der Waals surface area (Å²) in [6.07, 6.45) is -6.05. The van der Waals surface area contributed by atoms with Crippen LogP contribution in [0.15, 0.2) is 51.7 Å². The average molecular weight is 534 g/mol. The van der Waals surface area contributed by atoms with Crippen molar-refractivity contribution < 1.29 is 59.1 Å². The molecule has 0 saturated carbocycles. The van der Waals surface area contributed by atoms with Crippen molar-refractivity contribution in [1.29, 1.82) is 0 Å². The summed E-state index contributed by atoms with van der Waals surface area (Å²) in [5, 5.41) is 70.4. The second-order valence-electron chi connectivity index (χ2n) is 9.34. The topological polar surface area (TPSA) is 209 Å². The standard InChI is InChI=1S/C25H26O13/c26-8-24(32)10-34-22(20(24)31)38-21-23(35-11-25(21,33)9-27)36-14-5-15(29)19-16(30)7-17(37-18(19)6-14)12-1-3-13(28)4-2-12/h1-7,20-23,26-29,31-33H,8-11H2. The molecule has 0 amide bonds. The second kappa shape index (κ2) is 9.80. The van der Waals surface area contributed by atoms with E-state index >= 15 is 0 Å². The van der Waals surface area contributed by atoms with E-state index in [0.717, 1.165) is 6.07 Å². The number of aliphatic hydroxyl groups excluding tert-OH is 3. The second-order valence-corrected chi connectivity index (χ2v) is 9.34. The highest BCUT2D eigenvalue weighted by atomic mass is 16.8. The molecule has 0 spiro atoms. The molecule has 2 saturated heterocycles. The lowest BCUT2D eigenvalue weighted by Gasteiger charge is -2.32. The van der Waals surface area contributed by atoms with Gasteiger partial charge in [0.2, 0.25) is 6.29 Å². The first-order chi connectivity index (χ1) is 18.1. The molecule has 13 heteroatoms. The number of rotatable bonds is 7. The number of benzene rings is 2. The summed E-state index contributed by atoms with van der Waals surface area (Å²) in [6, 6.07) is 9.55. The molecule has 5 rings (SSSR count). The van der Waals surface area contributed by atoms with E-state index in [9.17, 15) is 40.5 Å². The Labute approximate surface area is 214 Å². The number of hydrogen-bond donors (Lipinski definition) is 7. The number of aromatic hydroxyl groups is 2. The van der Waals surface area contributed by atoms with Gasteiger partial charge in [0.1, 0.15) is 51.3 Å². The van der Waals surface area contributed by atoms with Gasteiger partial charge >= 0.3 is 0 Å². The van der Waals surface area contributed by atoms with Gasteiger partial charge in [-0.1, -0.05) is 0 Å². The van der Waals surface area contributed by atoms with Crippen LogP contribution in [0.4, 0.5) is 0 Å². The fourth-order valence-electron chi connectivity index (χ4n) is 4.34. The third-order valence-corrected chi connectivity index (χ3v) is 6.60. The zero-order valence-electron chi connectivity index (χ0n) is 19.8. The SMILES string of the molecule is O=c1cc(-c2ccc(O)cc2)oc2cc(OC3OCC(O)(CO)C3OC3OCC(O)(CO)C3O)cc(O)c12. The van der Waals surface area contributed by atoms with Crippen LogP contribution in [0.1, 0.15) is 0 Å². The summed E-state index contributed by atoms with van der Waals surface area (Å²) in [4.78, 5) is 12.7. The Morgan fingerprint density at radius 3 is 2.24 bits per heavy atom. The molecule has 0 bridgehead atoms. The van der Waals surface area contributed by atoms with E-state index in [1.165, 1.54) is 24.3 Å². The number of fused-ring (bicyclic) bond motifs is 1. The van der Waals surface area contributed by atoms with Gasteiger partial charge in [0.25, 0.3) is 0 Å². The van der Waals surface area contributed by atoms with Crippen molar-refractivity contribution in [3.63, 3.8) is 0 Å². The smallest absolute Gasteiger partial charge is 0.229 e. The Morgan fingerprint density at radius 1 is 0.921 bits per heavy atom. The maximum atomic E-state index is 12.7. The van der Waals surface area contributed by atoms with Crippen molar-refractivity contribution in [2.75, 3.05) is 26.4 Å². The fourth-order valence-corrected chi connectivity index (χ4v) is 4.34. The molecule has 3 heterocycles. The third kappa shape index (κ3) is 4.59. The Hall–Kier alpha value is -3.27. The largest absolute Gasteiger partial charge is 0.508 e. The highest BCUT2D eigenvalue weighted by Crippen LogP contribution is 2.37. The molecule has 13 nitrogen and oxygen atoms in total. The van der Waals surface area contributed by atoms with Gasteiger partial charge in [-0.3, -0.25) is 4.79 Å². The van der Waals surface area contributed by atoms with Gasteiger partial charge in [0, 0.05) is 23.8 Å². The molecule has 6 atom stereocenters. The minimum Gasteiger partial charge on any atom is -0.508 e. The number of ether oxygens (including phenoxy) is 4. The number of hydrogen-bond acceptors (Lipinski definition) is 13. The van der Waals surface area contributed by atoms with E-state index in [4.69, 9.17) is 23.4 Å². The van der Waals surface area contributed by atoms with Crippen LogP contribution in [-0.4, -0.2) is 98.2 Å². The molecule has 1 aromatic heterocycles. The summed E-state index contributed by atoms with van der Waals surface area (Å²) in [5.74, 6) is -0.325. The van der Waals surface area contributed by atoms with Gasteiger partial charge in [-0.2, -0.15) is 0 Å². The van der Waals surface area contributed by atoms with Gasteiger partial charge in [-0.25, -0.2) is 0 Å². The van der Waals surface area contributed by atoms with Crippen LogP contribution in [0.5, 0.6) is 17.2 Å². The average Bonchev–Trinajstić information content (AvgIpc) is 3.36. The molecule has 2 aliphatic heterocycles. The molecule has 2 aliphatic rings. The van der Waals surface area contributed by atoms with E-state index < -0.39 is 73.6 Å². The fraction of sp³-hybridized carbons (Fsp3) is 0.400. The van der Waals surface area contributed by atoms with Crippen molar-refractivity contribution in [2.45, 2.75) is 36.0 Å². The van der Waals surface area contributed by atoms with Crippen molar-refractivity contribution in [3.05, 3.63) is 52.7 Å². The Kier molecular flexibility index (Phi) is 6.79. The highest BCUT2D eigenvalue weighted by Gasteiger charge is 2.56. The van der Waals surface area contributed by atoms with Crippen molar-refractivity contribution in [1.82, 2.24) is 0 Å². The lowest BCUT2D eigenvalue weighted by Crippen LogP contribution is -2.54. The van der Waals surface area contributed by atoms with Crippen LogP contribution in [-0.2, 0) is 14.2 Å². The first kappa shape index (κ1) is 26.3. The Morgan fingerprint density at radius 2 is 1.58 bits per heavy atom. The first-order valence-corrected chi connectivity index (χ1v) is 11.6. The van der Waals surface area contributed by atoms with E-state index in [2.05, 4.69) is 0 Å². The predicted octanol–water partition coefficient (Wildman–Crippen LogP) is -0.845. The van der Waals surface area contributed by atoms with Gasteiger partial charge in [-0.05, 0) is 24.3 Å². The minimum absolute atomic E-state index is 0.0259. The normalized spacial score (nSPS) is 31.2. The summed E-state index contributed by atoms with van der Waals surface area (Å²) in [6.45, 7) is -2.52. The van der Waals surface area contributed by atoms with Crippen LogP contribution >= 0.6 is 0 Å². The lowest BCUT2D eigenvalue weighted by molar-refractivity contribution is -0.242. The predicted molar refractivity (Wildman–Crippen MR) is 126 cm³/mol. The van der Waals surface area contributed by atoms with Crippen LogP contribution in [0.2, 0.25) is 0 Å². The highest BCUT2D eigenvalue weighted by molar-refractivity contribution is 5.86. The third-order valence-electron chi connectivity index (χ3n) is 6.60. The van der Waals surface area contributed by atoms with Crippen molar-refractivity contribution >= 4 is 11.0 Å². The number of phenolic OH excluding ortho intramolecular Hbond substituents is 2. The Bertz CT molecular complexity index is 1370. The summed E-state index contributed by atoms with van der Waals surface area (Å²) in [7, 11) is 0. The quantitative estimate of drug-likeness (QED) is 0.197. The molecule has 0 radical (unpaired) electrons. The van der Waals surface area contributed by atoms with Gasteiger partial charge < -0.3 is 59.1 Å². The van der Waals surface area contributed by atoms with E-state index in [-0.39, 0.29) is 28.2 Å². The zero-order chi connectivity index (χ0) is 27.2. The molecule has 38 heavy (non-hydrogen) atoms. The van der Waals surface area contributed by atoms with Gasteiger partial charge in [-0.15, -0.1) is 0 Å². The van der Waals surface area contributed by atoms with E-state index in [0.29, 0.717) is 5.56 Å². The summed E-state index contributed by atoms with van der Waals surface area (Å²) < 4.78 is 27.9. The summed E-state index contributed by atoms with van der Waals surface area (Å²) >= 11 is 0. The molecule has 204 valence electrons. The van der Waals surface area contributed by atoms with E-state index in [1.807, 2.05) is 0 Å². The molecule has 0 aliphatic carbocycles. The van der Waals surface area contributed by atoms with Gasteiger partial charge in [0.05, 0.1) is 26.4 Å². The van der Waals surface area contributed by atoms with Crippen LogP contribution < -0.4 is 10.2 Å². The van der Waals surface area contributed by atoms with Crippen LogP contribution in [0, 0.1) is 0 Å². The van der Waals surface area contributed by atoms with Crippen LogP contribution in [0.3, 0.4) is 0 Å². The maximum Gasteiger partial charge on any atom is 0.229 e. The van der Waals surface area contributed by atoms with E-state index in [1.54, 1.807) is 12.1 Å². The molecular weight excluding hydrogens is 508 g/mol. The zero-order valence-corrected chi connectivity index (χ0v) is 19.8. The Balaban J connectivity index is 1.44.